The van der Waals surface area contributed by atoms with E-state index in [0.29, 0.717) is 17.0 Å². The van der Waals surface area contributed by atoms with E-state index in [-0.39, 0.29) is 5.78 Å². The quantitative estimate of drug-likeness (QED) is 0.641. The maximum Gasteiger partial charge on any atom is 0.169 e. The van der Waals surface area contributed by atoms with E-state index in [9.17, 15) is 4.79 Å². The van der Waals surface area contributed by atoms with Gasteiger partial charge in [0, 0.05) is 30.8 Å². The Morgan fingerprint density at radius 2 is 2.00 bits per heavy atom. The van der Waals surface area contributed by atoms with E-state index in [1.165, 1.54) is 0 Å². The van der Waals surface area contributed by atoms with Crippen LogP contribution in [0.2, 0.25) is 5.02 Å². The summed E-state index contributed by atoms with van der Waals surface area (Å²) in [5.41, 5.74) is 0.662. The van der Waals surface area contributed by atoms with Gasteiger partial charge in [0.1, 0.15) is 0 Å². The Labute approximate surface area is 125 Å². The second-order valence-electron chi connectivity index (χ2n) is 3.42. The second-order valence-corrected chi connectivity index (χ2v) is 6.56. The van der Waals surface area contributed by atoms with Gasteiger partial charge in [-0.25, -0.2) is 0 Å². The van der Waals surface area contributed by atoms with Gasteiger partial charge in [0.25, 0.3) is 0 Å². The van der Waals surface area contributed by atoms with Crippen LogP contribution in [0.3, 0.4) is 0 Å². The van der Waals surface area contributed by atoms with Crippen LogP contribution in [0.5, 0.6) is 0 Å². The molecule has 1 nitrogen and oxygen atoms in total. The molecular weight excluding hydrogens is 387 g/mol. The van der Waals surface area contributed by atoms with Gasteiger partial charge >= 0.3 is 0 Å². The van der Waals surface area contributed by atoms with Crippen LogP contribution >= 0.6 is 54.8 Å². The summed E-state index contributed by atoms with van der Waals surface area (Å²) in [5, 5.41) is 2.58. The molecule has 0 unspecified atom stereocenters. The minimum Gasteiger partial charge on any atom is -0.294 e. The number of Topliss-reactive ketones (excluding diaryl/α,β-unsaturated/α-hetero) is 1. The highest BCUT2D eigenvalue weighted by Crippen LogP contribution is 2.27. The molecule has 0 saturated heterocycles. The zero-order valence-corrected chi connectivity index (χ0v) is 13.3. The van der Waals surface area contributed by atoms with Crippen LogP contribution in [0.25, 0.3) is 0 Å². The summed E-state index contributed by atoms with van der Waals surface area (Å²) in [6.45, 7) is 0. The Hall–Kier alpha value is -0.160. The third-order valence-corrected chi connectivity index (χ3v) is 5.06. The molecule has 0 aliphatic carbocycles. The molecule has 2 rings (SSSR count). The van der Waals surface area contributed by atoms with Crippen LogP contribution < -0.4 is 0 Å². The number of thiophene rings is 1. The zero-order chi connectivity index (χ0) is 12.4. The number of carbonyl (C=O) groups is 1. The predicted octanol–water partition coefficient (Wildman–Crippen LogP) is 5.35. The van der Waals surface area contributed by atoms with Gasteiger partial charge in [-0.3, -0.25) is 4.79 Å². The summed E-state index contributed by atoms with van der Waals surface area (Å²) >= 11 is 14.2. The normalized spacial score (nSPS) is 10.5. The first-order valence-electron chi connectivity index (χ1n) is 4.78. The number of benzene rings is 1. The van der Waals surface area contributed by atoms with Crippen LogP contribution in [-0.2, 0) is 6.42 Å². The first-order chi connectivity index (χ1) is 8.08. The molecule has 0 N–H and O–H groups in total. The molecule has 0 aliphatic heterocycles. The van der Waals surface area contributed by atoms with E-state index in [0.717, 1.165) is 13.8 Å². The SMILES string of the molecule is O=C(Cc1sccc1Br)c1ccc(Cl)cc1Br. The molecule has 17 heavy (non-hydrogen) atoms. The molecule has 0 fully saturated rings. The minimum absolute atomic E-state index is 0.0803. The van der Waals surface area contributed by atoms with Crippen molar-refractivity contribution in [2.24, 2.45) is 0 Å². The van der Waals surface area contributed by atoms with Gasteiger partial charge in [-0.15, -0.1) is 11.3 Å². The third kappa shape index (κ3) is 3.19. The molecule has 1 heterocycles. The Bertz CT molecular complexity index is 565. The highest BCUT2D eigenvalue weighted by Gasteiger charge is 2.13. The van der Waals surface area contributed by atoms with Crippen molar-refractivity contribution < 1.29 is 4.79 Å². The first-order valence-corrected chi connectivity index (χ1v) is 7.62. The Morgan fingerprint density at radius 3 is 2.59 bits per heavy atom. The van der Waals surface area contributed by atoms with Gasteiger partial charge < -0.3 is 0 Å². The lowest BCUT2D eigenvalue weighted by Crippen LogP contribution is -2.03. The van der Waals surface area contributed by atoms with Crippen LogP contribution in [-0.4, -0.2) is 5.78 Å². The van der Waals surface area contributed by atoms with Crippen LogP contribution in [0.15, 0.2) is 38.6 Å². The number of rotatable bonds is 3. The van der Waals surface area contributed by atoms with Crippen molar-refractivity contribution in [1.29, 1.82) is 0 Å². The lowest BCUT2D eigenvalue weighted by Gasteiger charge is -2.03. The van der Waals surface area contributed by atoms with E-state index in [1.807, 2.05) is 11.4 Å². The molecule has 0 spiro atoms. The highest BCUT2D eigenvalue weighted by molar-refractivity contribution is 9.10. The van der Waals surface area contributed by atoms with Crippen molar-refractivity contribution in [1.82, 2.24) is 0 Å². The number of ketones is 1. The molecule has 0 aliphatic rings. The average Bonchev–Trinajstić information content (AvgIpc) is 2.64. The van der Waals surface area contributed by atoms with Crippen molar-refractivity contribution >= 4 is 60.6 Å². The Morgan fingerprint density at radius 1 is 1.24 bits per heavy atom. The van der Waals surface area contributed by atoms with Crippen LogP contribution in [0.1, 0.15) is 15.2 Å². The summed E-state index contributed by atoms with van der Waals surface area (Å²) in [7, 11) is 0. The molecule has 2 aromatic rings. The molecular formula is C12H7Br2ClOS. The van der Waals surface area contributed by atoms with Crippen molar-refractivity contribution in [3.8, 4) is 0 Å². The number of halogens is 3. The largest absolute Gasteiger partial charge is 0.294 e. The van der Waals surface area contributed by atoms with Gasteiger partial charge in [0.2, 0.25) is 0 Å². The molecule has 5 heteroatoms. The topological polar surface area (TPSA) is 17.1 Å². The van der Waals surface area contributed by atoms with E-state index in [1.54, 1.807) is 29.5 Å². The van der Waals surface area contributed by atoms with Gasteiger partial charge in [0.15, 0.2) is 5.78 Å². The fourth-order valence-electron chi connectivity index (χ4n) is 1.41. The molecule has 0 radical (unpaired) electrons. The van der Waals surface area contributed by atoms with Crippen molar-refractivity contribution in [3.05, 3.63) is 54.1 Å². The predicted molar refractivity (Wildman–Crippen MR) is 79.2 cm³/mol. The highest BCUT2D eigenvalue weighted by atomic mass is 79.9. The number of hydrogen-bond donors (Lipinski definition) is 0. The van der Waals surface area contributed by atoms with Gasteiger partial charge in [-0.2, -0.15) is 0 Å². The van der Waals surface area contributed by atoms with E-state index < -0.39 is 0 Å². The minimum atomic E-state index is 0.0803. The first kappa shape index (κ1) is 13.3. The Balaban J connectivity index is 2.23. The molecule has 0 amide bonds. The number of hydrogen-bond acceptors (Lipinski definition) is 2. The van der Waals surface area contributed by atoms with Crippen molar-refractivity contribution in [2.45, 2.75) is 6.42 Å². The van der Waals surface area contributed by atoms with E-state index in [4.69, 9.17) is 11.6 Å². The zero-order valence-electron chi connectivity index (χ0n) is 8.54. The molecule has 1 aromatic heterocycles. The summed E-state index contributed by atoms with van der Waals surface area (Å²) in [6.07, 6.45) is 0.401. The molecule has 0 saturated carbocycles. The third-order valence-electron chi connectivity index (χ3n) is 2.24. The Kier molecular flexibility index (Phi) is 4.42. The average molecular weight is 395 g/mol. The summed E-state index contributed by atoms with van der Waals surface area (Å²) in [4.78, 5) is 13.1. The lowest BCUT2D eigenvalue weighted by molar-refractivity contribution is 0.0993. The molecule has 0 atom stereocenters. The maximum absolute atomic E-state index is 12.1. The van der Waals surface area contributed by atoms with Gasteiger partial charge in [-0.1, -0.05) is 11.6 Å². The maximum atomic E-state index is 12.1. The van der Waals surface area contributed by atoms with Crippen LogP contribution in [0, 0.1) is 0 Å². The van der Waals surface area contributed by atoms with E-state index in [2.05, 4.69) is 31.9 Å². The molecule has 88 valence electrons. The fraction of sp³-hybridized carbons (Fsp3) is 0.0833. The van der Waals surface area contributed by atoms with Crippen molar-refractivity contribution in [3.63, 3.8) is 0 Å². The monoisotopic (exact) mass is 392 g/mol. The lowest BCUT2D eigenvalue weighted by atomic mass is 10.1. The van der Waals surface area contributed by atoms with Gasteiger partial charge in [-0.05, 0) is 61.5 Å². The summed E-state index contributed by atoms with van der Waals surface area (Å²) < 4.78 is 1.73. The van der Waals surface area contributed by atoms with E-state index >= 15 is 0 Å². The second kappa shape index (κ2) is 5.65. The van der Waals surface area contributed by atoms with Crippen LogP contribution in [0.4, 0.5) is 0 Å². The smallest absolute Gasteiger partial charge is 0.169 e. The van der Waals surface area contributed by atoms with Crippen molar-refractivity contribution in [2.75, 3.05) is 0 Å². The fourth-order valence-corrected chi connectivity index (χ4v) is 3.80. The van der Waals surface area contributed by atoms with Gasteiger partial charge in [0.05, 0.1) is 0 Å². The standard InChI is InChI=1S/C12H7Br2ClOS/c13-9-3-4-17-12(9)6-11(16)8-2-1-7(15)5-10(8)14/h1-5H,6H2. The summed E-state index contributed by atoms with van der Waals surface area (Å²) in [6, 6.07) is 7.15. The summed E-state index contributed by atoms with van der Waals surface area (Å²) in [5.74, 6) is 0.0803. The number of carbonyl (C=O) groups excluding carboxylic acids is 1. The molecule has 0 bridgehead atoms. The molecule has 1 aromatic carbocycles.